The number of nitrogens with one attached hydrogen (secondary N) is 1. The van der Waals surface area contributed by atoms with Crippen LogP contribution in [0.3, 0.4) is 0 Å². The Morgan fingerprint density at radius 3 is 2.48 bits per heavy atom. The number of alkyl halides is 3. The molecule has 0 aromatic heterocycles. The smallest absolute Gasteiger partial charge is 0.345 e. The van der Waals surface area contributed by atoms with Gasteiger partial charge in [0.15, 0.2) is 0 Å². The molecule has 116 valence electrons. The van der Waals surface area contributed by atoms with Crippen molar-refractivity contribution >= 4 is 27.7 Å². The number of hydrogen-bond donors (Lipinski definition) is 1. The van der Waals surface area contributed by atoms with Gasteiger partial charge in [0, 0.05) is 11.5 Å². The molecular formula is C13H14BrF3N2O2. The Labute approximate surface area is 128 Å². The predicted molar refractivity (Wildman–Crippen MR) is 74.9 cm³/mol. The SMILES string of the molecule is Cc1ccc(C(=O)N(C)CC(=O)NCC(F)(F)F)c(Br)c1. The molecule has 0 aliphatic heterocycles. The number of nitrogens with zero attached hydrogens (tertiary/aromatic N) is 1. The molecule has 0 atom stereocenters. The maximum absolute atomic E-state index is 12.1. The Morgan fingerprint density at radius 2 is 1.95 bits per heavy atom. The third-order valence-electron chi connectivity index (χ3n) is 2.57. The van der Waals surface area contributed by atoms with Crippen LogP contribution in [0.1, 0.15) is 15.9 Å². The Kier molecular flexibility index (Phi) is 5.77. The molecule has 0 aliphatic rings. The highest BCUT2D eigenvalue weighted by molar-refractivity contribution is 9.10. The molecule has 0 spiro atoms. The van der Waals surface area contributed by atoms with E-state index in [0.29, 0.717) is 10.0 Å². The van der Waals surface area contributed by atoms with E-state index in [1.54, 1.807) is 23.5 Å². The minimum atomic E-state index is -4.47. The van der Waals surface area contributed by atoms with Gasteiger partial charge in [-0.05, 0) is 40.5 Å². The minimum absolute atomic E-state index is 0.340. The van der Waals surface area contributed by atoms with Gasteiger partial charge in [-0.1, -0.05) is 6.07 Å². The number of hydrogen-bond acceptors (Lipinski definition) is 2. The van der Waals surface area contributed by atoms with Crippen LogP contribution in [0.25, 0.3) is 0 Å². The van der Waals surface area contributed by atoms with Crippen LogP contribution in [0, 0.1) is 6.92 Å². The van der Waals surface area contributed by atoms with Crippen LogP contribution >= 0.6 is 15.9 Å². The first-order valence-electron chi connectivity index (χ1n) is 5.95. The fourth-order valence-electron chi connectivity index (χ4n) is 1.54. The van der Waals surface area contributed by atoms with E-state index >= 15 is 0 Å². The fourth-order valence-corrected chi connectivity index (χ4v) is 2.20. The fraction of sp³-hybridized carbons (Fsp3) is 0.385. The van der Waals surface area contributed by atoms with Gasteiger partial charge in [-0.15, -0.1) is 0 Å². The van der Waals surface area contributed by atoms with E-state index in [4.69, 9.17) is 0 Å². The molecular weight excluding hydrogens is 353 g/mol. The number of aryl methyl sites for hydroxylation is 1. The van der Waals surface area contributed by atoms with Crippen LogP contribution in [0.15, 0.2) is 22.7 Å². The monoisotopic (exact) mass is 366 g/mol. The Hall–Kier alpha value is -1.57. The highest BCUT2D eigenvalue weighted by Gasteiger charge is 2.28. The lowest BCUT2D eigenvalue weighted by Crippen LogP contribution is -2.41. The number of benzene rings is 1. The third-order valence-corrected chi connectivity index (χ3v) is 3.22. The van der Waals surface area contributed by atoms with E-state index in [0.717, 1.165) is 10.5 Å². The number of carbonyl (C=O) groups is 2. The number of halogens is 4. The van der Waals surface area contributed by atoms with Gasteiger partial charge in [-0.3, -0.25) is 9.59 Å². The first-order valence-corrected chi connectivity index (χ1v) is 6.74. The maximum atomic E-state index is 12.1. The Balaban J connectivity index is 2.64. The highest BCUT2D eigenvalue weighted by atomic mass is 79.9. The largest absolute Gasteiger partial charge is 0.405 e. The van der Waals surface area contributed by atoms with Crippen LogP contribution in [-0.4, -0.2) is 43.0 Å². The van der Waals surface area contributed by atoms with E-state index < -0.39 is 31.1 Å². The summed E-state index contributed by atoms with van der Waals surface area (Å²) < 4.78 is 36.5. The molecule has 0 fully saturated rings. The van der Waals surface area contributed by atoms with Crippen molar-refractivity contribution in [2.45, 2.75) is 13.1 Å². The van der Waals surface area contributed by atoms with Gasteiger partial charge < -0.3 is 10.2 Å². The number of likely N-dealkylation sites (N-methyl/N-ethyl adjacent to an activating group) is 1. The van der Waals surface area contributed by atoms with E-state index in [-0.39, 0.29) is 0 Å². The van der Waals surface area contributed by atoms with Crippen molar-refractivity contribution < 1.29 is 22.8 Å². The number of rotatable bonds is 4. The van der Waals surface area contributed by atoms with Crippen LogP contribution < -0.4 is 5.32 Å². The second-order valence-electron chi connectivity index (χ2n) is 4.54. The van der Waals surface area contributed by atoms with E-state index in [9.17, 15) is 22.8 Å². The Bertz CT molecular complexity index is 547. The summed E-state index contributed by atoms with van der Waals surface area (Å²) in [4.78, 5) is 24.5. The van der Waals surface area contributed by atoms with Crippen molar-refractivity contribution in [1.29, 1.82) is 0 Å². The normalized spacial score (nSPS) is 11.1. The molecule has 0 radical (unpaired) electrons. The van der Waals surface area contributed by atoms with Gasteiger partial charge in [0.05, 0.1) is 12.1 Å². The summed E-state index contributed by atoms with van der Waals surface area (Å²) in [6.45, 7) is -0.00929. The molecule has 1 rings (SSSR count). The highest BCUT2D eigenvalue weighted by Crippen LogP contribution is 2.19. The van der Waals surface area contributed by atoms with Gasteiger partial charge in [-0.2, -0.15) is 13.2 Å². The molecule has 2 amide bonds. The lowest BCUT2D eigenvalue weighted by atomic mass is 10.1. The molecule has 21 heavy (non-hydrogen) atoms. The summed E-state index contributed by atoms with van der Waals surface area (Å²) in [5.74, 6) is -1.32. The average molecular weight is 367 g/mol. The van der Waals surface area contributed by atoms with Gasteiger partial charge in [0.2, 0.25) is 5.91 Å². The zero-order valence-corrected chi connectivity index (χ0v) is 13.0. The topological polar surface area (TPSA) is 49.4 Å². The van der Waals surface area contributed by atoms with Gasteiger partial charge in [0.25, 0.3) is 5.91 Å². The Morgan fingerprint density at radius 1 is 1.33 bits per heavy atom. The van der Waals surface area contributed by atoms with Crippen LogP contribution in [0.5, 0.6) is 0 Å². The summed E-state index contributed by atoms with van der Waals surface area (Å²) >= 11 is 3.24. The molecule has 0 saturated heterocycles. The van der Waals surface area contributed by atoms with Gasteiger partial charge >= 0.3 is 6.18 Å². The summed E-state index contributed by atoms with van der Waals surface area (Å²) in [7, 11) is 1.35. The van der Waals surface area contributed by atoms with Gasteiger partial charge in [0.1, 0.15) is 6.54 Å². The molecule has 0 bridgehead atoms. The number of amides is 2. The summed E-state index contributed by atoms with van der Waals surface area (Å²) in [6.07, 6.45) is -4.47. The second kappa shape index (κ2) is 6.93. The maximum Gasteiger partial charge on any atom is 0.405 e. The van der Waals surface area contributed by atoms with Crippen molar-refractivity contribution in [2.24, 2.45) is 0 Å². The van der Waals surface area contributed by atoms with Crippen molar-refractivity contribution in [1.82, 2.24) is 10.2 Å². The third kappa shape index (κ3) is 5.74. The molecule has 0 heterocycles. The minimum Gasteiger partial charge on any atom is -0.345 e. The molecule has 0 unspecified atom stereocenters. The summed E-state index contributed by atoms with van der Waals surface area (Å²) in [5, 5.41) is 1.71. The lowest BCUT2D eigenvalue weighted by molar-refractivity contribution is -0.138. The molecule has 1 N–H and O–H groups in total. The van der Waals surface area contributed by atoms with E-state index in [2.05, 4.69) is 15.9 Å². The number of carbonyl (C=O) groups excluding carboxylic acids is 2. The predicted octanol–water partition coefficient (Wildman–Crippen LogP) is 2.51. The molecule has 0 saturated carbocycles. The first kappa shape index (κ1) is 17.5. The van der Waals surface area contributed by atoms with Crippen molar-refractivity contribution in [3.8, 4) is 0 Å². The zero-order valence-electron chi connectivity index (χ0n) is 11.4. The van der Waals surface area contributed by atoms with Crippen molar-refractivity contribution in [2.75, 3.05) is 20.1 Å². The van der Waals surface area contributed by atoms with Gasteiger partial charge in [-0.25, -0.2) is 0 Å². The van der Waals surface area contributed by atoms with Crippen molar-refractivity contribution in [3.63, 3.8) is 0 Å². The van der Waals surface area contributed by atoms with E-state index in [1.165, 1.54) is 7.05 Å². The standard InChI is InChI=1S/C13H14BrF3N2O2/c1-8-3-4-9(10(14)5-8)12(21)19(2)6-11(20)18-7-13(15,16)17/h3-5H,6-7H2,1-2H3,(H,18,20). The van der Waals surface area contributed by atoms with E-state index in [1.807, 2.05) is 6.92 Å². The molecule has 0 aliphatic carbocycles. The molecule has 8 heteroatoms. The van der Waals surface area contributed by atoms with Crippen LogP contribution in [-0.2, 0) is 4.79 Å². The zero-order chi connectivity index (χ0) is 16.2. The quantitative estimate of drug-likeness (QED) is 0.889. The average Bonchev–Trinajstić information content (AvgIpc) is 2.34. The molecule has 1 aromatic rings. The molecule has 4 nitrogen and oxygen atoms in total. The summed E-state index contributed by atoms with van der Waals surface area (Å²) in [5.41, 5.74) is 1.29. The summed E-state index contributed by atoms with van der Waals surface area (Å²) in [6, 6.07) is 5.06. The molecule has 1 aromatic carbocycles. The van der Waals surface area contributed by atoms with Crippen LogP contribution in [0.4, 0.5) is 13.2 Å². The lowest BCUT2D eigenvalue weighted by Gasteiger charge is -2.18. The van der Waals surface area contributed by atoms with Crippen molar-refractivity contribution in [3.05, 3.63) is 33.8 Å². The second-order valence-corrected chi connectivity index (χ2v) is 5.39. The van der Waals surface area contributed by atoms with Crippen LogP contribution in [0.2, 0.25) is 0 Å². The first-order chi connectivity index (χ1) is 9.60.